The zero-order valence-electron chi connectivity index (χ0n) is 17.3. The van der Waals surface area contributed by atoms with E-state index in [9.17, 15) is 0 Å². The summed E-state index contributed by atoms with van der Waals surface area (Å²) in [4.78, 5) is 7.18. The lowest BCUT2D eigenvalue weighted by Crippen LogP contribution is -2.47. The Bertz CT molecular complexity index is 584. The highest BCUT2D eigenvalue weighted by atomic mass is 16.5. The van der Waals surface area contributed by atoms with E-state index in [-0.39, 0.29) is 0 Å². The number of guanidine groups is 1. The topological polar surface area (TPSA) is 55.3 Å². The fraction of sp³-hybridized carbons (Fsp3) is 0.667. The van der Waals surface area contributed by atoms with Gasteiger partial charge >= 0.3 is 0 Å². The Balaban J connectivity index is 1.88. The number of nitrogens with one attached hydrogen (secondary N) is 1. The van der Waals surface area contributed by atoms with E-state index in [4.69, 9.17) is 19.2 Å². The minimum Gasteiger partial charge on any atom is -0.496 e. The van der Waals surface area contributed by atoms with Crippen LogP contribution in [0.15, 0.2) is 23.2 Å². The molecule has 1 aliphatic heterocycles. The number of ether oxygens (including phenoxy) is 3. The summed E-state index contributed by atoms with van der Waals surface area (Å²) < 4.78 is 16.4. The molecule has 0 amide bonds. The molecule has 6 nitrogen and oxygen atoms in total. The molecule has 152 valence electrons. The minimum atomic E-state index is 0.349. The van der Waals surface area contributed by atoms with Crippen LogP contribution >= 0.6 is 0 Å². The number of piperidine rings is 1. The zero-order chi connectivity index (χ0) is 19.5. The summed E-state index contributed by atoms with van der Waals surface area (Å²) in [6.45, 7) is 9.15. The van der Waals surface area contributed by atoms with Crippen LogP contribution in [0.4, 0.5) is 0 Å². The Morgan fingerprint density at radius 3 is 2.67 bits per heavy atom. The maximum Gasteiger partial charge on any atom is 0.194 e. The minimum absolute atomic E-state index is 0.349. The average Bonchev–Trinajstić information content (AvgIpc) is 2.70. The van der Waals surface area contributed by atoms with Gasteiger partial charge in [0, 0.05) is 40.0 Å². The molecule has 0 atom stereocenters. The molecule has 1 N–H and O–H groups in total. The maximum absolute atomic E-state index is 5.96. The summed E-state index contributed by atoms with van der Waals surface area (Å²) in [5.74, 6) is 1.90. The maximum atomic E-state index is 5.96. The molecule has 1 heterocycles. The molecule has 1 saturated heterocycles. The Morgan fingerprint density at radius 2 is 2.00 bits per heavy atom. The van der Waals surface area contributed by atoms with Crippen LogP contribution in [-0.4, -0.2) is 64.0 Å². The number of methoxy groups -OCH3 is 2. The quantitative estimate of drug-likeness (QED) is 0.407. The molecule has 1 aromatic rings. The molecule has 0 aliphatic carbocycles. The van der Waals surface area contributed by atoms with Crippen LogP contribution in [0.25, 0.3) is 0 Å². The van der Waals surface area contributed by atoms with Crippen LogP contribution < -0.4 is 10.1 Å². The molecule has 1 aromatic carbocycles. The molecule has 0 saturated carbocycles. The third-order valence-electron chi connectivity index (χ3n) is 4.81. The fourth-order valence-electron chi connectivity index (χ4n) is 3.24. The van der Waals surface area contributed by atoms with Crippen molar-refractivity contribution in [2.45, 2.75) is 45.8 Å². The normalized spacial score (nSPS) is 15.9. The number of nitrogens with zero attached hydrogens (tertiary/aromatic N) is 2. The number of benzene rings is 1. The Kier molecular flexibility index (Phi) is 9.42. The Labute approximate surface area is 163 Å². The highest BCUT2D eigenvalue weighted by molar-refractivity contribution is 5.80. The third-order valence-corrected chi connectivity index (χ3v) is 4.81. The summed E-state index contributed by atoms with van der Waals surface area (Å²) in [5.41, 5.74) is 2.30. The molecule has 6 heteroatoms. The summed E-state index contributed by atoms with van der Waals surface area (Å²) in [7, 11) is 3.44. The van der Waals surface area contributed by atoms with Crippen LogP contribution in [0.1, 0.15) is 37.3 Å². The molecule has 27 heavy (non-hydrogen) atoms. The van der Waals surface area contributed by atoms with Gasteiger partial charge in [0.15, 0.2) is 5.96 Å². The molecule has 0 bridgehead atoms. The summed E-state index contributed by atoms with van der Waals surface area (Å²) >= 11 is 0. The van der Waals surface area contributed by atoms with E-state index in [0.717, 1.165) is 74.9 Å². The predicted molar refractivity (Wildman–Crippen MR) is 110 cm³/mol. The number of aryl methyl sites for hydroxylation is 1. The van der Waals surface area contributed by atoms with E-state index in [0.29, 0.717) is 12.6 Å². The lowest BCUT2D eigenvalue weighted by Gasteiger charge is -2.34. The van der Waals surface area contributed by atoms with Crippen molar-refractivity contribution in [2.24, 2.45) is 4.99 Å². The first-order chi connectivity index (χ1) is 13.2. The molecule has 0 radical (unpaired) electrons. The zero-order valence-corrected chi connectivity index (χ0v) is 17.3. The summed E-state index contributed by atoms with van der Waals surface area (Å²) in [5, 5.41) is 3.42. The van der Waals surface area contributed by atoms with Gasteiger partial charge in [0.1, 0.15) is 5.75 Å². The number of aliphatic imine (C=N–C) groups is 1. The SMILES string of the molecule is CCNC(=NCc1ccc(C)c(OC)c1)N1CCC(OCCCOC)CC1. The molecule has 1 aliphatic rings. The first-order valence-corrected chi connectivity index (χ1v) is 9.95. The van der Waals surface area contributed by atoms with Crippen LogP contribution in [-0.2, 0) is 16.0 Å². The van der Waals surface area contributed by atoms with Crippen molar-refractivity contribution in [1.29, 1.82) is 0 Å². The van der Waals surface area contributed by atoms with Crippen LogP contribution in [0, 0.1) is 6.92 Å². The number of hydrogen-bond donors (Lipinski definition) is 1. The van der Waals surface area contributed by atoms with Gasteiger partial charge in [-0.25, -0.2) is 4.99 Å². The second kappa shape index (κ2) is 11.8. The van der Waals surface area contributed by atoms with Gasteiger partial charge in [-0.2, -0.15) is 0 Å². The number of rotatable bonds is 9. The second-order valence-corrected chi connectivity index (χ2v) is 6.88. The third kappa shape index (κ3) is 7.03. The van der Waals surface area contributed by atoms with Gasteiger partial charge in [0.25, 0.3) is 0 Å². The van der Waals surface area contributed by atoms with Crippen LogP contribution in [0.5, 0.6) is 5.75 Å². The molecule has 2 rings (SSSR count). The molecule has 0 spiro atoms. The highest BCUT2D eigenvalue weighted by Crippen LogP contribution is 2.20. The molecule has 1 fully saturated rings. The average molecular weight is 378 g/mol. The summed E-state index contributed by atoms with van der Waals surface area (Å²) in [6, 6.07) is 6.27. The standard InChI is InChI=1S/C21H35N3O3/c1-5-22-21(23-16-18-8-7-17(2)20(15-18)26-4)24-11-9-19(10-12-24)27-14-6-13-25-3/h7-8,15,19H,5-6,9-14,16H2,1-4H3,(H,22,23). The lowest BCUT2D eigenvalue weighted by atomic mass is 10.1. The monoisotopic (exact) mass is 377 g/mol. The number of likely N-dealkylation sites (tertiary alicyclic amines) is 1. The Morgan fingerprint density at radius 1 is 1.22 bits per heavy atom. The van der Waals surface area contributed by atoms with E-state index in [1.807, 2.05) is 0 Å². The van der Waals surface area contributed by atoms with Gasteiger partial charge in [-0.05, 0) is 50.3 Å². The summed E-state index contributed by atoms with van der Waals surface area (Å²) in [6.07, 6.45) is 3.38. The van der Waals surface area contributed by atoms with Gasteiger partial charge < -0.3 is 24.4 Å². The van der Waals surface area contributed by atoms with E-state index in [1.165, 1.54) is 0 Å². The molecule has 0 unspecified atom stereocenters. The first kappa shape index (κ1) is 21.5. The van der Waals surface area contributed by atoms with Crippen molar-refractivity contribution >= 4 is 5.96 Å². The second-order valence-electron chi connectivity index (χ2n) is 6.88. The van der Waals surface area contributed by atoms with Crippen molar-refractivity contribution in [3.05, 3.63) is 29.3 Å². The van der Waals surface area contributed by atoms with Crippen molar-refractivity contribution in [3.63, 3.8) is 0 Å². The van der Waals surface area contributed by atoms with E-state index in [2.05, 4.69) is 42.3 Å². The predicted octanol–water partition coefficient (Wildman–Crippen LogP) is 2.99. The van der Waals surface area contributed by atoms with Crippen LogP contribution in [0.2, 0.25) is 0 Å². The Hall–Kier alpha value is -1.79. The van der Waals surface area contributed by atoms with E-state index >= 15 is 0 Å². The van der Waals surface area contributed by atoms with Crippen molar-refractivity contribution in [2.75, 3.05) is 47.1 Å². The molecular formula is C21H35N3O3. The fourth-order valence-corrected chi connectivity index (χ4v) is 3.24. The van der Waals surface area contributed by atoms with Gasteiger partial charge in [-0.3, -0.25) is 0 Å². The van der Waals surface area contributed by atoms with Gasteiger partial charge in [0.05, 0.1) is 19.8 Å². The lowest BCUT2D eigenvalue weighted by molar-refractivity contribution is 0.00990. The largest absolute Gasteiger partial charge is 0.496 e. The number of hydrogen-bond acceptors (Lipinski definition) is 4. The van der Waals surface area contributed by atoms with Crippen molar-refractivity contribution in [3.8, 4) is 5.75 Å². The smallest absolute Gasteiger partial charge is 0.194 e. The molecular weight excluding hydrogens is 342 g/mol. The van der Waals surface area contributed by atoms with Crippen molar-refractivity contribution < 1.29 is 14.2 Å². The van der Waals surface area contributed by atoms with Crippen molar-refractivity contribution in [1.82, 2.24) is 10.2 Å². The highest BCUT2D eigenvalue weighted by Gasteiger charge is 2.21. The van der Waals surface area contributed by atoms with Crippen LogP contribution in [0.3, 0.4) is 0 Å². The first-order valence-electron chi connectivity index (χ1n) is 9.95. The molecule has 0 aromatic heterocycles. The van der Waals surface area contributed by atoms with E-state index < -0.39 is 0 Å². The van der Waals surface area contributed by atoms with Gasteiger partial charge in [0.2, 0.25) is 0 Å². The van der Waals surface area contributed by atoms with E-state index in [1.54, 1.807) is 14.2 Å². The van der Waals surface area contributed by atoms with Gasteiger partial charge in [-0.15, -0.1) is 0 Å². The van der Waals surface area contributed by atoms with Gasteiger partial charge in [-0.1, -0.05) is 12.1 Å².